The molecule has 1 heterocycles. The Kier molecular flexibility index (Phi) is 4.31. The number of carboxylic acids is 1. The number of nitrogens with zero attached hydrogens (tertiary/aromatic N) is 2. The fourth-order valence-electron chi connectivity index (χ4n) is 3.71. The molecule has 5 heteroatoms. The van der Waals surface area contributed by atoms with Gasteiger partial charge in [0.15, 0.2) is 6.19 Å². The van der Waals surface area contributed by atoms with Crippen molar-refractivity contribution in [2.45, 2.75) is 63.5 Å². The smallest absolute Gasteiger partial charge is 0.327 e. The van der Waals surface area contributed by atoms with Gasteiger partial charge in [0.25, 0.3) is 0 Å². The van der Waals surface area contributed by atoms with Gasteiger partial charge in [0, 0.05) is 12.6 Å². The van der Waals surface area contributed by atoms with Crippen LogP contribution in [0, 0.1) is 16.9 Å². The zero-order chi connectivity index (χ0) is 13.9. The van der Waals surface area contributed by atoms with E-state index in [9.17, 15) is 15.2 Å². The molecule has 2 unspecified atom stereocenters. The van der Waals surface area contributed by atoms with E-state index >= 15 is 0 Å². The Morgan fingerprint density at radius 1 is 1.32 bits per heavy atom. The third-order valence-corrected chi connectivity index (χ3v) is 4.82. The van der Waals surface area contributed by atoms with E-state index in [0.717, 1.165) is 38.5 Å². The van der Waals surface area contributed by atoms with Crippen LogP contribution in [0.2, 0.25) is 0 Å². The minimum Gasteiger partial charge on any atom is -0.480 e. The number of aliphatic carboxylic acids is 1. The maximum atomic E-state index is 11.1. The molecule has 2 fully saturated rings. The van der Waals surface area contributed by atoms with Crippen LogP contribution in [-0.2, 0) is 4.79 Å². The van der Waals surface area contributed by atoms with Crippen molar-refractivity contribution in [3.8, 4) is 6.19 Å². The van der Waals surface area contributed by atoms with Gasteiger partial charge in [0.1, 0.15) is 6.04 Å². The molecule has 2 N–H and O–H groups in total. The largest absolute Gasteiger partial charge is 0.480 e. The number of hydrogen-bond donors (Lipinski definition) is 2. The molecule has 0 radical (unpaired) electrons. The molecule has 2 aliphatic rings. The van der Waals surface area contributed by atoms with Crippen molar-refractivity contribution < 1.29 is 15.0 Å². The highest BCUT2D eigenvalue weighted by Gasteiger charge is 2.42. The molecule has 2 atom stereocenters. The molecule has 19 heavy (non-hydrogen) atoms. The van der Waals surface area contributed by atoms with E-state index in [4.69, 9.17) is 5.11 Å². The first-order valence-electron chi connectivity index (χ1n) is 7.14. The summed E-state index contributed by atoms with van der Waals surface area (Å²) in [6.45, 7) is 0.153. The Labute approximate surface area is 113 Å². The minimum absolute atomic E-state index is 0.0173. The average molecular weight is 266 g/mol. The maximum Gasteiger partial charge on any atom is 0.327 e. The molecule has 1 saturated carbocycles. The number of carbonyl (C=O) groups is 1. The molecule has 0 spiro atoms. The van der Waals surface area contributed by atoms with Crippen molar-refractivity contribution in [3.63, 3.8) is 0 Å². The van der Waals surface area contributed by atoms with Gasteiger partial charge in [-0.15, -0.1) is 0 Å². The van der Waals surface area contributed by atoms with Crippen molar-refractivity contribution in [1.29, 1.82) is 5.26 Å². The van der Waals surface area contributed by atoms with Crippen LogP contribution in [0.1, 0.15) is 51.4 Å². The first kappa shape index (κ1) is 14.1. The van der Waals surface area contributed by atoms with Gasteiger partial charge in [0.05, 0.1) is 0 Å². The first-order chi connectivity index (χ1) is 9.12. The maximum absolute atomic E-state index is 11.1. The van der Waals surface area contributed by atoms with E-state index < -0.39 is 12.0 Å². The Hall–Kier alpha value is -1.28. The summed E-state index contributed by atoms with van der Waals surface area (Å²) < 4.78 is 0. The molecule has 1 aliphatic carbocycles. The molecule has 1 aliphatic heterocycles. The number of rotatable bonds is 4. The molecule has 0 amide bonds. The molecule has 1 saturated heterocycles. The normalized spacial score (nSPS) is 30.0. The zero-order valence-electron chi connectivity index (χ0n) is 11.2. The van der Waals surface area contributed by atoms with Crippen LogP contribution in [0.3, 0.4) is 0 Å². The second-order valence-electron chi connectivity index (χ2n) is 6.02. The van der Waals surface area contributed by atoms with Gasteiger partial charge >= 0.3 is 5.97 Å². The van der Waals surface area contributed by atoms with Crippen LogP contribution in [0.4, 0.5) is 0 Å². The molecular formula is C14H22N2O3. The first-order valence-corrected chi connectivity index (χ1v) is 7.14. The lowest BCUT2D eigenvalue weighted by atomic mass is 9.70. The lowest BCUT2D eigenvalue weighted by molar-refractivity contribution is -0.141. The number of aliphatic hydroxyl groups is 1. The van der Waals surface area contributed by atoms with Gasteiger partial charge in [-0.3, -0.25) is 4.90 Å². The predicted octanol–water partition coefficient (Wildman–Crippen LogP) is 1.72. The third kappa shape index (κ3) is 2.84. The lowest BCUT2D eigenvalue weighted by Gasteiger charge is -2.39. The van der Waals surface area contributed by atoms with Crippen LogP contribution in [0.5, 0.6) is 0 Å². The van der Waals surface area contributed by atoms with Gasteiger partial charge in [-0.25, -0.2) is 4.79 Å². The summed E-state index contributed by atoms with van der Waals surface area (Å²) in [5.74, 6) is -0.911. The highest BCUT2D eigenvalue weighted by Crippen LogP contribution is 2.43. The minimum atomic E-state index is -0.911. The average Bonchev–Trinajstić information content (AvgIpc) is 2.82. The second kappa shape index (κ2) is 5.79. The Morgan fingerprint density at radius 2 is 2.00 bits per heavy atom. The summed E-state index contributed by atoms with van der Waals surface area (Å²) >= 11 is 0. The fourth-order valence-corrected chi connectivity index (χ4v) is 3.71. The van der Waals surface area contributed by atoms with Crippen LogP contribution >= 0.6 is 0 Å². The Morgan fingerprint density at radius 3 is 2.53 bits per heavy atom. The van der Waals surface area contributed by atoms with E-state index in [0.29, 0.717) is 6.42 Å². The van der Waals surface area contributed by atoms with Crippen molar-refractivity contribution in [1.82, 2.24) is 4.90 Å². The molecule has 2 rings (SSSR count). The highest BCUT2D eigenvalue weighted by atomic mass is 16.4. The number of hydrogen-bond acceptors (Lipinski definition) is 4. The third-order valence-electron chi connectivity index (χ3n) is 4.82. The second-order valence-corrected chi connectivity index (χ2v) is 6.02. The molecule has 106 valence electrons. The van der Waals surface area contributed by atoms with E-state index in [1.165, 1.54) is 11.3 Å². The molecule has 0 bridgehead atoms. The van der Waals surface area contributed by atoms with E-state index in [1.807, 2.05) is 6.19 Å². The monoisotopic (exact) mass is 266 g/mol. The van der Waals surface area contributed by atoms with Crippen LogP contribution in [-0.4, -0.2) is 39.8 Å². The summed E-state index contributed by atoms with van der Waals surface area (Å²) in [6.07, 6.45) is 9.54. The molecule has 5 nitrogen and oxygen atoms in total. The lowest BCUT2D eigenvalue weighted by Crippen LogP contribution is -2.41. The molecule has 0 aromatic heterocycles. The van der Waals surface area contributed by atoms with E-state index in [1.54, 1.807) is 0 Å². The number of carboxylic acid groups (broad SMARTS) is 1. The van der Waals surface area contributed by atoms with Gasteiger partial charge in [-0.1, -0.05) is 19.3 Å². The van der Waals surface area contributed by atoms with Crippen molar-refractivity contribution >= 4 is 5.97 Å². The van der Waals surface area contributed by atoms with Crippen molar-refractivity contribution in [2.75, 3.05) is 6.61 Å². The van der Waals surface area contributed by atoms with E-state index in [-0.39, 0.29) is 18.1 Å². The van der Waals surface area contributed by atoms with Crippen LogP contribution in [0.25, 0.3) is 0 Å². The number of nitriles is 1. The van der Waals surface area contributed by atoms with Gasteiger partial charge in [-0.2, -0.15) is 5.26 Å². The van der Waals surface area contributed by atoms with Gasteiger partial charge < -0.3 is 10.2 Å². The van der Waals surface area contributed by atoms with Crippen LogP contribution in [0.15, 0.2) is 0 Å². The van der Waals surface area contributed by atoms with Gasteiger partial charge in [0.2, 0.25) is 0 Å². The summed E-state index contributed by atoms with van der Waals surface area (Å²) in [6, 6.07) is -0.689. The van der Waals surface area contributed by atoms with Crippen molar-refractivity contribution in [2.24, 2.45) is 5.41 Å². The topological polar surface area (TPSA) is 84.6 Å². The summed E-state index contributed by atoms with van der Waals surface area (Å²) in [7, 11) is 0. The summed E-state index contributed by atoms with van der Waals surface area (Å²) in [4.78, 5) is 12.6. The molecule has 0 aromatic rings. The number of likely N-dealkylation sites (tertiary alicyclic amines) is 1. The molecular weight excluding hydrogens is 244 g/mol. The van der Waals surface area contributed by atoms with Gasteiger partial charge in [-0.05, 0) is 37.5 Å². The molecule has 0 aromatic carbocycles. The van der Waals surface area contributed by atoms with E-state index in [2.05, 4.69) is 0 Å². The highest BCUT2D eigenvalue weighted by molar-refractivity contribution is 5.74. The SMILES string of the molecule is N#CN1C(CC2(CO)CCCCC2)CCC1C(=O)O. The Balaban J connectivity index is 2.05. The fraction of sp³-hybridized carbons (Fsp3) is 0.857. The summed E-state index contributed by atoms with van der Waals surface area (Å²) in [5.41, 5.74) is -0.0919. The quantitative estimate of drug-likeness (QED) is 0.757. The number of aliphatic hydroxyl groups excluding tert-OH is 1. The van der Waals surface area contributed by atoms with Crippen molar-refractivity contribution in [3.05, 3.63) is 0 Å². The van der Waals surface area contributed by atoms with Crippen LogP contribution < -0.4 is 0 Å². The summed E-state index contributed by atoms with van der Waals surface area (Å²) in [5, 5.41) is 28.0. The Bertz CT molecular complexity index is 371. The zero-order valence-corrected chi connectivity index (χ0v) is 11.2. The predicted molar refractivity (Wildman–Crippen MR) is 69.1 cm³/mol. The standard InChI is InChI=1S/C14H22N2O3/c15-10-16-11(4-5-12(16)13(18)19)8-14(9-17)6-2-1-3-7-14/h11-12,17H,1-9H2,(H,18,19).